The zero-order valence-corrected chi connectivity index (χ0v) is 16.9. The quantitative estimate of drug-likeness (QED) is 0.360. The molecule has 0 saturated heterocycles. The van der Waals surface area contributed by atoms with Crippen LogP contribution in [0.4, 0.5) is 11.4 Å². The Morgan fingerprint density at radius 2 is 1.54 bits per heavy atom. The second-order valence-corrected chi connectivity index (χ2v) is 6.98. The Morgan fingerprint density at radius 3 is 2.25 bits per heavy atom. The molecule has 4 rings (SSSR count). The average molecular weight is 370 g/mol. The first-order chi connectivity index (χ1) is 13.7. The highest BCUT2D eigenvalue weighted by Crippen LogP contribution is 2.31. The molecule has 1 aromatic heterocycles. The Kier molecular flexibility index (Phi) is 5.16. The van der Waals surface area contributed by atoms with E-state index >= 15 is 0 Å². The molecule has 0 amide bonds. The number of aliphatic imine (C=N–C) groups is 1. The first-order valence-electron chi connectivity index (χ1n) is 10.1. The second kappa shape index (κ2) is 7.89. The number of fused-ring (bicyclic) bond motifs is 3. The Bertz CT molecular complexity index is 1120. The fourth-order valence-electron chi connectivity index (χ4n) is 3.97. The van der Waals surface area contributed by atoms with E-state index in [0.29, 0.717) is 0 Å². The highest BCUT2D eigenvalue weighted by atomic mass is 15.1. The molecule has 3 nitrogen and oxygen atoms in total. The van der Waals surface area contributed by atoms with Gasteiger partial charge in [-0.1, -0.05) is 30.3 Å². The van der Waals surface area contributed by atoms with Crippen molar-refractivity contribution in [2.24, 2.45) is 4.99 Å². The maximum absolute atomic E-state index is 4.74. The van der Waals surface area contributed by atoms with Crippen molar-refractivity contribution in [3.8, 4) is 0 Å². The fraction of sp³-hybridized carbons (Fsp3) is 0.240. The van der Waals surface area contributed by atoms with Crippen LogP contribution in [0.5, 0.6) is 0 Å². The molecule has 3 heteroatoms. The minimum absolute atomic E-state index is 0.964. The molecule has 3 aromatic carbocycles. The van der Waals surface area contributed by atoms with E-state index in [9.17, 15) is 0 Å². The standard InChI is InChI=1S/C25H27N3/c1-4-27(5-2)21-14-11-19(12-15-21)18-26-20-13-16-25-23(17-20)22-9-7-8-10-24(22)28(25)6-3/h7-18H,4-6H2,1-3H3. The Labute approximate surface area is 166 Å². The number of aromatic nitrogens is 1. The molecule has 0 saturated carbocycles. The summed E-state index contributed by atoms with van der Waals surface area (Å²) in [6.45, 7) is 9.57. The number of benzene rings is 3. The average Bonchev–Trinajstić information content (AvgIpc) is 3.07. The van der Waals surface area contributed by atoms with Crippen LogP contribution >= 0.6 is 0 Å². The molecule has 0 atom stereocenters. The molecule has 0 spiro atoms. The van der Waals surface area contributed by atoms with Gasteiger partial charge in [-0.05, 0) is 62.7 Å². The summed E-state index contributed by atoms with van der Waals surface area (Å²) in [4.78, 5) is 7.08. The predicted molar refractivity (Wildman–Crippen MR) is 122 cm³/mol. The lowest BCUT2D eigenvalue weighted by Crippen LogP contribution is -2.21. The van der Waals surface area contributed by atoms with Crippen molar-refractivity contribution in [3.05, 3.63) is 72.3 Å². The maximum atomic E-state index is 4.74. The van der Waals surface area contributed by atoms with Crippen molar-refractivity contribution < 1.29 is 0 Å². The van der Waals surface area contributed by atoms with Crippen molar-refractivity contribution in [2.75, 3.05) is 18.0 Å². The van der Waals surface area contributed by atoms with Crippen LogP contribution in [0.25, 0.3) is 21.8 Å². The Morgan fingerprint density at radius 1 is 0.821 bits per heavy atom. The molecule has 0 aliphatic heterocycles. The molecular formula is C25H27N3. The van der Waals surface area contributed by atoms with Crippen LogP contribution in [-0.4, -0.2) is 23.9 Å². The van der Waals surface area contributed by atoms with Gasteiger partial charge in [-0.2, -0.15) is 0 Å². The summed E-state index contributed by atoms with van der Waals surface area (Å²) in [5.41, 5.74) is 5.92. The Hall–Kier alpha value is -3.07. The molecule has 0 aliphatic rings. The van der Waals surface area contributed by atoms with Gasteiger partial charge in [-0.15, -0.1) is 0 Å². The summed E-state index contributed by atoms with van der Waals surface area (Å²) in [6.07, 6.45) is 1.95. The number of para-hydroxylation sites is 1. The smallest absolute Gasteiger partial charge is 0.0637 e. The van der Waals surface area contributed by atoms with Gasteiger partial charge in [-0.25, -0.2) is 0 Å². The van der Waals surface area contributed by atoms with Gasteiger partial charge >= 0.3 is 0 Å². The van der Waals surface area contributed by atoms with E-state index in [1.807, 2.05) is 6.21 Å². The summed E-state index contributed by atoms with van der Waals surface area (Å²) in [5.74, 6) is 0. The van der Waals surface area contributed by atoms with Gasteiger partial charge in [0.25, 0.3) is 0 Å². The van der Waals surface area contributed by atoms with Gasteiger partial charge in [-0.3, -0.25) is 4.99 Å². The fourth-order valence-corrected chi connectivity index (χ4v) is 3.97. The van der Waals surface area contributed by atoms with E-state index in [0.717, 1.165) is 30.9 Å². The lowest BCUT2D eigenvalue weighted by molar-refractivity contribution is 0.827. The van der Waals surface area contributed by atoms with Crippen LogP contribution in [0.15, 0.2) is 71.7 Å². The minimum Gasteiger partial charge on any atom is -0.372 e. The zero-order valence-electron chi connectivity index (χ0n) is 16.9. The van der Waals surface area contributed by atoms with Crippen LogP contribution in [0.2, 0.25) is 0 Å². The molecule has 0 unspecified atom stereocenters. The number of aryl methyl sites for hydroxylation is 1. The number of hydrogen-bond donors (Lipinski definition) is 0. The van der Waals surface area contributed by atoms with Crippen LogP contribution in [0.3, 0.4) is 0 Å². The third kappa shape index (κ3) is 3.29. The molecule has 0 N–H and O–H groups in total. The van der Waals surface area contributed by atoms with E-state index in [2.05, 4.69) is 97.0 Å². The van der Waals surface area contributed by atoms with Crippen molar-refractivity contribution in [1.82, 2.24) is 4.57 Å². The van der Waals surface area contributed by atoms with Crippen LogP contribution < -0.4 is 4.90 Å². The second-order valence-electron chi connectivity index (χ2n) is 6.98. The number of rotatable bonds is 6. The van der Waals surface area contributed by atoms with E-state index in [1.54, 1.807) is 0 Å². The SMILES string of the molecule is CCN(CC)c1ccc(C=Nc2ccc3c(c2)c2ccccc2n3CC)cc1. The summed E-state index contributed by atoms with van der Waals surface area (Å²) in [6, 6.07) is 23.7. The summed E-state index contributed by atoms with van der Waals surface area (Å²) in [5, 5.41) is 2.56. The van der Waals surface area contributed by atoms with Crippen molar-refractivity contribution in [3.63, 3.8) is 0 Å². The van der Waals surface area contributed by atoms with E-state index in [-0.39, 0.29) is 0 Å². The molecule has 1 heterocycles. The molecule has 0 radical (unpaired) electrons. The molecule has 0 fully saturated rings. The first kappa shape index (κ1) is 18.3. The number of nitrogens with zero attached hydrogens (tertiary/aromatic N) is 3. The summed E-state index contributed by atoms with van der Waals surface area (Å²) >= 11 is 0. The molecule has 0 bridgehead atoms. The highest BCUT2D eigenvalue weighted by molar-refractivity contribution is 6.09. The lowest BCUT2D eigenvalue weighted by atomic mass is 10.1. The lowest BCUT2D eigenvalue weighted by Gasteiger charge is -2.20. The molecule has 4 aromatic rings. The van der Waals surface area contributed by atoms with Gasteiger partial charge in [0.1, 0.15) is 0 Å². The normalized spacial score (nSPS) is 11.7. The summed E-state index contributed by atoms with van der Waals surface area (Å²) < 4.78 is 2.37. The molecule has 142 valence electrons. The van der Waals surface area contributed by atoms with Crippen molar-refractivity contribution in [1.29, 1.82) is 0 Å². The van der Waals surface area contributed by atoms with Crippen molar-refractivity contribution >= 4 is 39.4 Å². The van der Waals surface area contributed by atoms with Gasteiger partial charge in [0, 0.05) is 53.3 Å². The topological polar surface area (TPSA) is 20.5 Å². The molecular weight excluding hydrogens is 342 g/mol. The van der Waals surface area contributed by atoms with Gasteiger partial charge in [0.2, 0.25) is 0 Å². The third-order valence-corrected chi connectivity index (χ3v) is 5.46. The van der Waals surface area contributed by atoms with E-state index in [4.69, 9.17) is 4.99 Å². The third-order valence-electron chi connectivity index (χ3n) is 5.46. The minimum atomic E-state index is 0.964. The number of anilines is 1. The van der Waals surface area contributed by atoms with E-state index in [1.165, 1.54) is 27.5 Å². The number of hydrogen-bond acceptors (Lipinski definition) is 2. The van der Waals surface area contributed by atoms with Gasteiger partial charge in [0.05, 0.1) is 5.69 Å². The monoisotopic (exact) mass is 369 g/mol. The van der Waals surface area contributed by atoms with Crippen LogP contribution in [-0.2, 0) is 6.54 Å². The highest BCUT2D eigenvalue weighted by Gasteiger charge is 2.09. The Balaban J connectivity index is 1.66. The van der Waals surface area contributed by atoms with Crippen LogP contribution in [0, 0.1) is 0 Å². The predicted octanol–water partition coefficient (Wildman–Crippen LogP) is 6.41. The van der Waals surface area contributed by atoms with Crippen molar-refractivity contribution in [2.45, 2.75) is 27.3 Å². The van der Waals surface area contributed by atoms with Crippen LogP contribution in [0.1, 0.15) is 26.3 Å². The van der Waals surface area contributed by atoms with E-state index < -0.39 is 0 Å². The van der Waals surface area contributed by atoms with Gasteiger partial charge < -0.3 is 9.47 Å². The summed E-state index contributed by atoms with van der Waals surface area (Å²) in [7, 11) is 0. The largest absolute Gasteiger partial charge is 0.372 e. The maximum Gasteiger partial charge on any atom is 0.0637 e. The molecule has 0 aliphatic carbocycles. The van der Waals surface area contributed by atoms with Gasteiger partial charge in [0.15, 0.2) is 0 Å². The first-order valence-corrected chi connectivity index (χ1v) is 10.1. The molecule has 28 heavy (non-hydrogen) atoms. The zero-order chi connectivity index (χ0) is 19.5.